The molecule has 5 N–H and O–H groups in total. The molecule has 1 aromatic carbocycles. The molecule has 0 unspecified atom stereocenters. The monoisotopic (exact) mass is 493 g/mol. The van der Waals surface area contributed by atoms with E-state index in [2.05, 4.69) is 36.5 Å². The molecule has 1 aliphatic carbocycles. The van der Waals surface area contributed by atoms with Crippen molar-refractivity contribution in [3.63, 3.8) is 0 Å². The zero-order valence-electron chi connectivity index (χ0n) is 19.7. The van der Waals surface area contributed by atoms with Crippen molar-refractivity contribution in [2.24, 2.45) is 11.8 Å². The van der Waals surface area contributed by atoms with Crippen molar-refractivity contribution in [3.8, 4) is 0 Å². The summed E-state index contributed by atoms with van der Waals surface area (Å²) in [5.41, 5.74) is 8.80. The van der Waals surface area contributed by atoms with Crippen LogP contribution in [-0.4, -0.2) is 50.3 Å². The van der Waals surface area contributed by atoms with Gasteiger partial charge in [0.1, 0.15) is 0 Å². The molecule has 0 spiro atoms. The summed E-state index contributed by atoms with van der Waals surface area (Å²) >= 11 is 0. The van der Waals surface area contributed by atoms with Gasteiger partial charge in [0, 0.05) is 31.0 Å². The van der Waals surface area contributed by atoms with Crippen LogP contribution >= 0.6 is 0 Å². The summed E-state index contributed by atoms with van der Waals surface area (Å²) in [7, 11) is -8.00. The minimum atomic E-state index is -4.67. The molecule has 0 aromatic heterocycles. The number of hydrogen-bond acceptors (Lipinski definition) is 6. The van der Waals surface area contributed by atoms with E-state index in [0.717, 1.165) is 49.2 Å². The van der Waals surface area contributed by atoms with Gasteiger partial charge in [0.25, 0.3) is 0 Å². The van der Waals surface area contributed by atoms with E-state index < -0.39 is 25.2 Å². The second-order valence-electron chi connectivity index (χ2n) is 9.00. The Kier molecular flexibility index (Phi) is 10.4. The highest BCUT2D eigenvalue weighted by Gasteiger charge is 2.42. The Morgan fingerprint density at radius 1 is 1.19 bits per heavy atom. The number of benzene rings is 1. The first-order valence-corrected chi connectivity index (χ1v) is 13.8. The largest absolute Gasteiger partial charge is 0.399 e. The highest BCUT2D eigenvalue weighted by Crippen LogP contribution is 2.39. The number of nitrogen functional groups attached to an aromatic ring is 1. The van der Waals surface area contributed by atoms with E-state index in [4.69, 9.17) is 23.3 Å². The standard InChI is InChI=1S/C21H37N3O2S.H2O4S/c1-6-24(19-7-8-20(22)17(4)15-19)14-13-23-27(25,26)21(5)11-9-18(10-12-21)16(2)3;1-5(2,3)4/h7-8,15-16,18,23H,6,9-14,22H2,1-5H3;(H2,1,2,3,4). The van der Waals surface area contributed by atoms with E-state index in [1.165, 1.54) is 0 Å². The molecular weight excluding hydrogens is 454 g/mol. The lowest BCUT2D eigenvalue weighted by Crippen LogP contribution is -2.48. The van der Waals surface area contributed by atoms with Gasteiger partial charge in [-0.05, 0) is 82.1 Å². The van der Waals surface area contributed by atoms with Crippen LogP contribution in [0.3, 0.4) is 0 Å². The van der Waals surface area contributed by atoms with E-state index >= 15 is 0 Å². The first kappa shape index (κ1) is 28.6. The second kappa shape index (κ2) is 11.6. The number of sulfonamides is 1. The summed E-state index contributed by atoms with van der Waals surface area (Å²) < 4.78 is 59.7. The Labute approximate surface area is 193 Å². The van der Waals surface area contributed by atoms with Crippen LogP contribution in [-0.2, 0) is 20.4 Å². The highest BCUT2D eigenvalue weighted by molar-refractivity contribution is 7.90. The lowest BCUT2D eigenvalue weighted by atomic mass is 9.77. The van der Waals surface area contributed by atoms with Crippen molar-refractivity contribution in [1.29, 1.82) is 0 Å². The number of nitrogens with one attached hydrogen (secondary N) is 1. The average molecular weight is 494 g/mol. The molecule has 0 saturated heterocycles. The number of nitrogens with two attached hydrogens (primary N) is 1. The Morgan fingerprint density at radius 3 is 2.16 bits per heavy atom. The van der Waals surface area contributed by atoms with E-state index in [0.29, 0.717) is 24.9 Å². The molecule has 9 nitrogen and oxygen atoms in total. The Hall–Kier alpha value is -1.40. The normalized spacial score (nSPS) is 21.7. The molecule has 1 fully saturated rings. The molecule has 2 rings (SSSR count). The fourth-order valence-corrected chi connectivity index (χ4v) is 5.48. The molecule has 0 heterocycles. The first-order valence-electron chi connectivity index (χ1n) is 10.9. The maximum absolute atomic E-state index is 12.9. The molecule has 0 atom stereocenters. The minimum Gasteiger partial charge on any atom is -0.399 e. The summed E-state index contributed by atoms with van der Waals surface area (Å²) in [4.78, 5) is 2.17. The van der Waals surface area contributed by atoms with Gasteiger partial charge >= 0.3 is 10.4 Å². The number of hydrogen-bond donors (Lipinski definition) is 4. The van der Waals surface area contributed by atoms with Crippen LogP contribution in [0.1, 0.15) is 58.9 Å². The molecule has 1 aliphatic rings. The topological polar surface area (TPSA) is 150 Å². The first-order chi connectivity index (χ1) is 14.6. The maximum Gasteiger partial charge on any atom is 0.394 e. The van der Waals surface area contributed by atoms with Crippen LogP contribution in [0.4, 0.5) is 11.4 Å². The van der Waals surface area contributed by atoms with Gasteiger partial charge in [0.05, 0.1) is 4.75 Å². The van der Waals surface area contributed by atoms with Gasteiger partial charge in [0.15, 0.2) is 0 Å². The van der Waals surface area contributed by atoms with E-state index in [1.807, 2.05) is 26.0 Å². The average Bonchev–Trinajstić information content (AvgIpc) is 2.66. The summed E-state index contributed by atoms with van der Waals surface area (Å²) in [6.07, 6.45) is 3.50. The van der Waals surface area contributed by atoms with Crippen LogP contribution in [0.25, 0.3) is 0 Å². The Morgan fingerprint density at radius 2 is 1.72 bits per heavy atom. The van der Waals surface area contributed by atoms with Gasteiger partial charge in [-0.15, -0.1) is 0 Å². The van der Waals surface area contributed by atoms with Crippen molar-refractivity contribution < 1.29 is 25.9 Å². The highest BCUT2D eigenvalue weighted by atomic mass is 32.3. The zero-order valence-corrected chi connectivity index (χ0v) is 21.3. The van der Waals surface area contributed by atoms with Crippen molar-refractivity contribution in [3.05, 3.63) is 23.8 Å². The van der Waals surface area contributed by atoms with Gasteiger partial charge < -0.3 is 10.6 Å². The van der Waals surface area contributed by atoms with Gasteiger partial charge in [-0.3, -0.25) is 9.11 Å². The minimum absolute atomic E-state index is 0.419. The molecule has 32 heavy (non-hydrogen) atoms. The summed E-state index contributed by atoms with van der Waals surface area (Å²) in [5, 5.41) is 0. The predicted molar refractivity (Wildman–Crippen MR) is 130 cm³/mol. The number of aryl methyl sites for hydroxylation is 1. The second-order valence-corrected chi connectivity index (χ2v) is 12.2. The summed E-state index contributed by atoms with van der Waals surface area (Å²) in [5.74, 6) is 1.28. The molecule has 0 radical (unpaired) electrons. The van der Waals surface area contributed by atoms with Crippen molar-refractivity contribution in [2.45, 2.75) is 65.0 Å². The van der Waals surface area contributed by atoms with Crippen molar-refractivity contribution in [2.75, 3.05) is 30.3 Å². The third-order valence-electron chi connectivity index (χ3n) is 6.35. The Bertz CT molecular complexity index is 932. The Balaban J connectivity index is 0.000000920. The quantitative estimate of drug-likeness (QED) is 0.318. The molecular formula is C21H39N3O6S2. The van der Waals surface area contributed by atoms with Crippen LogP contribution in [0.15, 0.2) is 18.2 Å². The molecule has 0 amide bonds. The number of likely N-dealkylation sites (N-methyl/N-ethyl adjacent to an activating group) is 1. The van der Waals surface area contributed by atoms with Crippen LogP contribution in [0.5, 0.6) is 0 Å². The molecule has 0 bridgehead atoms. The van der Waals surface area contributed by atoms with E-state index in [1.54, 1.807) is 0 Å². The van der Waals surface area contributed by atoms with Crippen LogP contribution in [0.2, 0.25) is 0 Å². The fourth-order valence-electron chi connectivity index (χ4n) is 4.00. The van der Waals surface area contributed by atoms with Gasteiger partial charge in [-0.25, -0.2) is 13.1 Å². The number of nitrogens with zero attached hydrogens (tertiary/aromatic N) is 1. The van der Waals surface area contributed by atoms with E-state index in [-0.39, 0.29) is 0 Å². The molecule has 186 valence electrons. The van der Waals surface area contributed by atoms with E-state index in [9.17, 15) is 8.42 Å². The number of rotatable bonds is 8. The van der Waals surface area contributed by atoms with Crippen LogP contribution in [0, 0.1) is 18.8 Å². The van der Waals surface area contributed by atoms with Gasteiger partial charge in [0.2, 0.25) is 10.0 Å². The molecule has 1 saturated carbocycles. The third kappa shape index (κ3) is 8.86. The predicted octanol–water partition coefficient (Wildman–Crippen LogP) is 3.28. The van der Waals surface area contributed by atoms with Gasteiger partial charge in [-0.2, -0.15) is 8.42 Å². The van der Waals surface area contributed by atoms with Crippen molar-refractivity contribution in [1.82, 2.24) is 4.72 Å². The summed E-state index contributed by atoms with van der Waals surface area (Å²) in [6, 6.07) is 5.96. The van der Waals surface area contributed by atoms with Crippen LogP contribution < -0.4 is 15.4 Å². The molecule has 1 aromatic rings. The SMILES string of the molecule is CCN(CCNS(=O)(=O)C1(C)CCC(C(C)C)CC1)c1ccc(N)c(C)c1.O=S(=O)(O)O. The molecule has 0 aliphatic heterocycles. The lowest BCUT2D eigenvalue weighted by Gasteiger charge is -2.38. The smallest absolute Gasteiger partial charge is 0.394 e. The third-order valence-corrected chi connectivity index (χ3v) is 8.64. The maximum atomic E-state index is 12.9. The fraction of sp³-hybridized carbons (Fsp3) is 0.714. The zero-order chi connectivity index (χ0) is 24.7. The van der Waals surface area contributed by atoms with Crippen molar-refractivity contribution >= 4 is 31.8 Å². The lowest BCUT2D eigenvalue weighted by molar-refractivity contribution is 0.243. The number of anilines is 2. The van der Waals surface area contributed by atoms with Gasteiger partial charge in [-0.1, -0.05) is 13.8 Å². The summed E-state index contributed by atoms with van der Waals surface area (Å²) in [6.45, 7) is 12.3. The molecule has 11 heteroatoms.